The van der Waals surface area contributed by atoms with Crippen LogP contribution in [0.5, 0.6) is 11.5 Å². The Morgan fingerprint density at radius 3 is 2.35 bits per heavy atom. The molecule has 0 radical (unpaired) electrons. The Morgan fingerprint density at radius 1 is 1.15 bits per heavy atom. The normalized spacial score (nSPS) is 18.6. The standard InChI is InChI=1S/C13H10Br2O5/c14-10-5(2-9(18)13(20)11(10)15)1-7-8(17)3-6(4-16)12(7)19/h2-3,7,16,18,20H,1,4H2. The fourth-order valence-corrected chi connectivity index (χ4v) is 2.96. The maximum atomic E-state index is 11.9. The lowest BCUT2D eigenvalue weighted by atomic mass is 9.94. The van der Waals surface area contributed by atoms with Gasteiger partial charge >= 0.3 is 0 Å². The first kappa shape index (κ1) is 15.2. The zero-order chi connectivity index (χ0) is 15.0. The highest BCUT2D eigenvalue weighted by Crippen LogP contribution is 2.42. The molecule has 0 aliphatic heterocycles. The number of Topliss-reactive ketones (excluding diaryl/α,β-unsaturated/α-hetero) is 1. The number of aliphatic hydroxyl groups is 1. The predicted molar refractivity (Wildman–Crippen MR) is 77.5 cm³/mol. The fraction of sp³-hybridized carbons (Fsp3) is 0.231. The molecule has 0 amide bonds. The van der Waals surface area contributed by atoms with Crippen LogP contribution in [0.1, 0.15) is 5.56 Å². The molecule has 5 nitrogen and oxygen atoms in total. The molecular weight excluding hydrogens is 396 g/mol. The van der Waals surface area contributed by atoms with Gasteiger partial charge in [0.15, 0.2) is 23.1 Å². The number of hydrogen-bond donors (Lipinski definition) is 3. The molecule has 1 unspecified atom stereocenters. The third kappa shape index (κ3) is 2.53. The van der Waals surface area contributed by atoms with E-state index in [1.807, 2.05) is 0 Å². The first-order chi connectivity index (χ1) is 9.36. The van der Waals surface area contributed by atoms with Crippen LogP contribution >= 0.6 is 31.9 Å². The zero-order valence-corrected chi connectivity index (χ0v) is 13.2. The second kappa shape index (κ2) is 5.67. The summed E-state index contributed by atoms with van der Waals surface area (Å²) in [5.41, 5.74) is 0.602. The Bertz CT molecular complexity index is 636. The molecular formula is C13H10Br2O5. The summed E-state index contributed by atoms with van der Waals surface area (Å²) in [4.78, 5) is 23.7. The first-order valence-corrected chi connectivity index (χ1v) is 7.23. The molecule has 1 aromatic rings. The van der Waals surface area contributed by atoms with Crippen molar-refractivity contribution in [2.45, 2.75) is 6.42 Å². The van der Waals surface area contributed by atoms with Crippen molar-refractivity contribution in [3.63, 3.8) is 0 Å². The Hall–Kier alpha value is -1.18. The van der Waals surface area contributed by atoms with E-state index in [4.69, 9.17) is 5.11 Å². The largest absolute Gasteiger partial charge is 0.504 e. The molecule has 7 heteroatoms. The maximum Gasteiger partial charge on any atom is 0.173 e. The van der Waals surface area contributed by atoms with Crippen LogP contribution in [0.25, 0.3) is 0 Å². The van der Waals surface area contributed by atoms with Gasteiger partial charge in [0.25, 0.3) is 0 Å². The van der Waals surface area contributed by atoms with Gasteiger partial charge in [-0.1, -0.05) is 0 Å². The van der Waals surface area contributed by atoms with Gasteiger partial charge in [0, 0.05) is 10.0 Å². The minimum atomic E-state index is -0.899. The first-order valence-electron chi connectivity index (χ1n) is 5.65. The Labute approximate surface area is 131 Å². The van der Waals surface area contributed by atoms with Crippen molar-refractivity contribution >= 4 is 43.4 Å². The minimum Gasteiger partial charge on any atom is -0.504 e. The van der Waals surface area contributed by atoms with Gasteiger partial charge in [0.05, 0.1) is 17.0 Å². The van der Waals surface area contributed by atoms with Crippen LogP contribution in [0.15, 0.2) is 26.7 Å². The molecule has 1 aromatic carbocycles. The molecule has 1 aliphatic rings. The lowest BCUT2D eigenvalue weighted by Crippen LogP contribution is -2.20. The molecule has 0 fully saturated rings. The lowest BCUT2D eigenvalue weighted by Gasteiger charge is -2.12. The van der Waals surface area contributed by atoms with Crippen LogP contribution in [0.4, 0.5) is 0 Å². The SMILES string of the molecule is O=C1C=C(CO)C(=O)C1Cc1cc(O)c(O)c(Br)c1Br. The Kier molecular flexibility index (Phi) is 4.31. The molecule has 3 N–H and O–H groups in total. The summed E-state index contributed by atoms with van der Waals surface area (Å²) in [7, 11) is 0. The number of carbonyl (C=O) groups excluding carboxylic acids is 2. The van der Waals surface area contributed by atoms with Gasteiger partial charge < -0.3 is 15.3 Å². The van der Waals surface area contributed by atoms with E-state index in [1.54, 1.807) is 0 Å². The van der Waals surface area contributed by atoms with Gasteiger partial charge in [-0.15, -0.1) is 0 Å². The van der Waals surface area contributed by atoms with Crippen molar-refractivity contribution < 1.29 is 24.9 Å². The molecule has 0 spiro atoms. The van der Waals surface area contributed by atoms with Crippen LogP contribution in [0, 0.1) is 5.92 Å². The second-order valence-corrected chi connectivity index (χ2v) is 5.97. The van der Waals surface area contributed by atoms with Crippen molar-refractivity contribution in [2.75, 3.05) is 6.61 Å². The molecule has 1 atom stereocenters. The van der Waals surface area contributed by atoms with Gasteiger partial charge in [0.2, 0.25) is 0 Å². The van der Waals surface area contributed by atoms with E-state index in [2.05, 4.69) is 31.9 Å². The van der Waals surface area contributed by atoms with Gasteiger partial charge in [-0.2, -0.15) is 0 Å². The van der Waals surface area contributed by atoms with Gasteiger partial charge in [-0.25, -0.2) is 0 Å². The summed E-state index contributed by atoms with van der Waals surface area (Å²) in [5.74, 6) is -2.34. The number of benzene rings is 1. The number of carbonyl (C=O) groups is 2. The second-order valence-electron chi connectivity index (χ2n) is 4.38. The third-order valence-electron chi connectivity index (χ3n) is 3.12. The number of phenolic OH excluding ortho intramolecular Hbond substituents is 2. The van der Waals surface area contributed by atoms with Gasteiger partial charge in [-0.05, 0) is 56.0 Å². The molecule has 0 saturated carbocycles. The van der Waals surface area contributed by atoms with Crippen LogP contribution < -0.4 is 0 Å². The highest BCUT2D eigenvalue weighted by atomic mass is 79.9. The number of rotatable bonds is 3. The third-order valence-corrected chi connectivity index (χ3v) is 5.33. The summed E-state index contributed by atoms with van der Waals surface area (Å²) in [6, 6.07) is 1.29. The van der Waals surface area contributed by atoms with E-state index in [-0.39, 0.29) is 33.7 Å². The smallest absolute Gasteiger partial charge is 0.173 e. The summed E-state index contributed by atoms with van der Waals surface area (Å²) < 4.78 is 0.714. The van der Waals surface area contributed by atoms with Crippen molar-refractivity contribution in [2.24, 2.45) is 5.92 Å². The Morgan fingerprint density at radius 2 is 1.80 bits per heavy atom. The van der Waals surface area contributed by atoms with E-state index < -0.39 is 18.3 Å². The quantitative estimate of drug-likeness (QED) is 0.527. The molecule has 2 rings (SSSR count). The maximum absolute atomic E-state index is 11.9. The fourth-order valence-electron chi connectivity index (χ4n) is 2.04. The van der Waals surface area contributed by atoms with E-state index in [1.165, 1.54) is 6.07 Å². The summed E-state index contributed by atoms with van der Waals surface area (Å²) in [5, 5.41) is 28.1. The summed E-state index contributed by atoms with van der Waals surface area (Å²) in [6.45, 7) is -0.466. The zero-order valence-electron chi connectivity index (χ0n) is 10.1. The van der Waals surface area contributed by atoms with Gasteiger partial charge in [-0.3, -0.25) is 9.59 Å². The topological polar surface area (TPSA) is 94.8 Å². The molecule has 0 aromatic heterocycles. The molecule has 20 heavy (non-hydrogen) atoms. The van der Waals surface area contributed by atoms with Crippen molar-refractivity contribution in [1.82, 2.24) is 0 Å². The number of phenols is 2. The number of ketones is 2. The van der Waals surface area contributed by atoms with Crippen LogP contribution in [0.3, 0.4) is 0 Å². The molecule has 0 bridgehead atoms. The van der Waals surface area contributed by atoms with E-state index >= 15 is 0 Å². The number of hydrogen-bond acceptors (Lipinski definition) is 5. The highest BCUT2D eigenvalue weighted by molar-refractivity contribution is 9.13. The van der Waals surface area contributed by atoms with Gasteiger partial charge in [0.1, 0.15) is 0 Å². The average Bonchev–Trinajstić information content (AvgIpc) is 2.69. The van der Waals surface area contributed by atoms with Crippen LogP contribution in [-0.4, -0.2) is 33.5 Å². The highest BCUT2D eigenvalue weighted by Gasteiger charge is 2.34. The molecule has 0 saturated heterocycles. The van der Waals surface area contributed by atoms with E-state index in [0.29, 0.717) is 10.0 Å². The van der Waals surface area contributed by atoms with Crippen molar-refractivity contribution in [3.8, 4) is 11.5 Å². The predicted octanol–water partition coefficient (Wildman–Crippen LogP) is 1.85. The van der Waals surface area contributed by atoms with Crippen molar-refractivity contribution in [1.29, 1.82) is 0 Å². The minimum absolute atomic E-state index is 0.0741. The molecule has 0 heterocycles. The van der Waals surface area contributed by atoms with Crippen molar-refractivity contribution in [3.05, 3.63) is 32.2 Å². The van der Waals surface area contributed by atoms with Crippen LogP contribution in [0.2, 0.25) is 0 Å². The molecule has 106 valence electrons. The number of aliphatic hydroxyl groups excluding tert-OH is 1. The van der Waals surface area contributed by atoms with Crippen LogP contribution in [-0.2, 0) is 16.0 Å². The summed E-state index contributed by atoms with van der Waals surface area (Å²) in [6.07, 6.45) is 1.22. The average molecular weight is 406 g/mol. The summed E-state index contributed by atoms with van der Waals surface area (Å²) >= 11 is 6.34. The lowest BCUT2D eigenvalue weighted by molar-refractivity contribution is -0.126. The monoisotopic (exact) mass is 404 g/mol. The number of halogens is 2. The number of aromatic hydroxyl groups is 2. The molecule has 1 aliphatic carbocycles. The number of allylic oxidation sites excluding steroid dienone is 1. The van der Waals surface area contributed by atoms with E-state index in [0.717, 1.165) is 6.08 Å². The Balaban J connectivity index is 2.33. The van der Waals surface area contributed by atoms with E-state index in [9.17, 15) is 19.8 Å².